The largest absolute Gasteiger partial charge is 0.484 e. The van der Waals surface area contributed by atoms with Crippen LogP contribution in [0.25, 0.3) is 0 Å². The smallest absolute Gasteiger partial charge is 0.422 e. The van der Waals surface area contributed by atoms with Crippen LogP contribution in [0.1, 0.15) is 12.0 Å². The third-order valence-corrected chi connectivity index (χ3v) is 4.97. The first-order valence-corrected chi connectivity index (χ1v) is 9.96. The van der Waals surface area contributed by atoms with Crippen LogP contribution in [-0.4, -0.2) is 45.4 Å². The van der Waals surface area contributed by atoms with Crippen molar-refractivity contribution in [2.75, 3.05) is 38.2 Å². The molecule has 0 spiro atoms. The molecule has 1 saturated heterocycles. The van der Waals surface area contributed by atoms with Gasteiger partial charge in [-0.3, -0.25) is 4.99 Å². The van der Waals surface area contributed by atoms with Gasteiger partial charge in [-0.15, -0.1) is 0 Å². The molecule has 0 aliphatic carbocycles. The van der Waals surface area contributed by atoms with Gasteiger partial charge in [0.05, 0.1) is 0 Å². The van der Waals surface area contributed by atoms with E-state index in [0.717, 1.165) is 31.6 Å². The monoisotopic (exact) mass is 420 g/mol. The molecule has 5 nitrogen and oxygen atoms in total. The molecule has 1 atom stereocenters. The standard InChI is InChI=1S/C22H27F3N4O/c1-26-21(27-13-17-7-9-20(10-8-17)30-16-22(23,24)25)28-14-18-11-12-29(15-18)19-5-3-2-4-6-19/h2-10,18H,11-16H2,1H3,(H2,26,27,28). The fraction of sp³-hybridized carbons (Fsp3) is 0.409. The molecule has 1 fully saturated rings. The highest BCUT2D eigenvalue weighted by atomic mass is 19.4. The molecular weight excluding hydrogens is 393 g/mol. The molecule has 0 amide bonds. The van der Waals surface area contributed by atoms with Gasteiger partial charge in [0.1, 0.15) is 5.75 Å². The molecular formula is C22H27F3N4O. The quantitative estimate of drug-likeness (QED) is 0.528. The summed E-state index contributed by atoms with van der Waals surface area (Å²) in [5, 5.41) is 6.60. The first-order valence-electron chi connectivity index (χ1n) is 9.96. The van der Waals surface area contributed by atoms with Gasteiger partial charge in [-0.05, 0) is 42.2 Å². The molecule has 1 heterocycles. The van der Waals surface area contributed by atoms with Crippen molar-refractivity contribution in [2.24, 2.45) is 10.9 Å². The van der Waals surface area contributed by atoms with Crippen molar-refractivity contribution in [2.45, 2.75) is 19.1 Å². The summed E-state index contributed by atoms with van der Waals surface area (Å²) in [4.78, 5) is 6.64. The topological polar surface area (TPSA) is 48.9 Å². The predicted octanol–water partition coefficient (Wildman–Crippen LogP) is 3.82. The van der Waals surface area contributed by atoms with E-state index in [1.807, 2.05) is 6.07 Å². The van der Waals surface area contributed by atoms with Gasteiger partial charge in [0.15, 0.2) is 12.6 Å². The molecule has 1 aliphatic rings. The Kier molecular flexibility index (Phi) is 7.43. The molecule has 30 heavy (non-hydrogen) atoms. The lowest BCUT2D eigenvalue weighted by Gasteiger charge is -2.19. The van der Waals surface area contributed by atoms with Crippen molar-refractivity contribution in [1.29, 1.82) is 0 Å². The third kappa shape index (κ3) is 6.86. The van der Waals surface area contributed by atoms with Crippen molar-refractivity contribution in [3.05, 3.63) is 60.2 Å². The Balaban J connectivity index is 1.40. The number of anilines is 1. The number of nitrogens with one attached hydrogen (secondary N) is 2. The lowest BCUT2D eigenvalue weighted by Crippen LogP contribution is -2.39. The Hall–Kier alpha value is -2.90. The number of ether oxygens (including phenoxy) is 1. The fourth-order valence-electron chi connectivity index (χ4n) is 3.39. The van der Waals surface area contributed by atoms with E-state index in [1.165, 1.54) is 17.8 Å². The molecule has 1 aliphatic heterocycles. The Labute approximate surface area is 174 Å². The number of benzene rings is 2. The second-order valence-corrected chi connectivity index (χ2v) is 7.29. The normalized spacial score (nSPS) is 17.1. The molecule has 8 heteroatoms. The second-order valence-electron chi connectivity index (χ2n) is 7.29. The van der Waals surface area contributed by atoms with Gasteiger partial charge >= 0.3 is 6.18 Å². The predicted molar refractivity (Wildman–Crippen MR) is 113 cm³/mol. The van der Waals surface area contributed by atoms with Crippen LogP contribution >= 0.6 is 0 Å². The number of alkyl halides is 3. The summed E-state index contributed by atoms with van der Waals surface area (Å²) < 4.78 is 41.3. The van der Waals surface area contributed by atoms with E-state index in [-0.39, 0.29) is 5.75 Å². The van der Waals surface area contributed by atoms with Crippen LogP contribution in [0.5, 0.6) is 5.75 Å². The summed E-state index contributed by atoms with van der Waals surface area (Å²) in [5.74, 6) is 1.43. The summed E-state index contributed by atoms with van der Waals surface area (Å²) in [5.41, 5.74) is 2.18. The van der Waals surface area contributed by atoms with Crippen LogP contribution in [0.15, 0.2) is 59.6 Å². The number of aliphatic imine (C=N–C) groups is 1. The van der Waals surface area contributed by atoms with Gasteiger partial charge in [-0.2, -0.15) is 13.2 Å². The fourth-order valence-corrected chi connectivity index (χ4v) is 3.39. The SMILES string of the molecule is CN=C(NCc1ccc(OCC(F)(F)F)cc1)NCC1CCN(c2ccccc2)C1. The summed E-state index contributed by atoms with van der Waals surface area (Å²) in [6.07, 6.45) is -3.21. The van der Waals surface area contributed by atoms with Gasteiger partial charge < -0.3 is 20.3 Å². The Morgan fingerprint density at radius 2 is 1.83 bits per heavy atom. The molecule has 2 N–H and O–H groups in total. The van der Waals surface area contributed by atoms with Gasteiger partial charge in [0, 0.05) is 38.9 Å². The number of hydrogen-bond acceptors (Lipinski definition) is 3. The number of halogens is 3. The van der Waals surface area contributed by atoms with Crippen molar-refractivity contribution in [3.63, 3.8) is 0 Å². The average molecular weight is 420 g/mol. The van der Waals surface area contributed by atoms with E-state index in [1.54, 1.807) is 19.2 Å². The summed E-state index contributed by atoms with van der Waals surface area (Å²) in [7, 11) is 1.72. The minimum atomic E-state index is -4.34. The first kappa shape index (κ1) is 21.8. The highest BCUT2D eigenvalue weighted by molar-refractivity contribution is 5.79. The molecule has 3 rings (SSSR count). The van der Waals surface area contributed by atoms with Crippen LogP contribution in [0, 0.1) is 5.92 Å². The average Bonchev–Trinajstić information content (AvgIpc) is 3.22. The number of para-hydroxylation sites is 1. The maximum atomic E-state index is 12.2. The van der Waals surface area contributed by atoms with Crippen LogP contribution in [-0.2, 0) is 6.54 Å². The molecule has 162 valence electrons. The zero-order valence-electron chi connectivity index (χ0n) is 17.0. The van der Waals surface area contributed by atoms with Crippen molar-refractivity contribution in [1.82, 2.24) is 10.6 Å². The highest BCUT2D eigenvalue weighted by Gasteiger charge is 2.28. The summed E-state index contributed by atoms with van der Waals surface area (Å²) in [6, 6.07) is 17.0. The maximum absolute atomic E-state index is 12.2. The molecule has 0 aromatic heterocycles. The van der Waals surface area contributed by atoms with E-state index in [9.17, 15) is 13.2 Å². The van der Waals surface area contributed by atoms with E-state index in [4.69, 9.17) is 4.74 Å². The number of hydrogen-bond donors (Lipinski definition) is 2. The zero-order chi connectivity index (χ0) is 21.4. The number of rotatable bonds is 7. The van der Waals surface area contributed by atoms with Crippen LogP contribution in [0.4, 0.5) is 18.9 Å². The van der Waals surface area contributed by atoms with Gasteiger partial charge in [-0.1, -0.05) is 30.3 Å². The minimum Gasteiger partial charge on any atom is -0.484 e. The zero-order valence-corrected chi connectivity index (χ0v) is 17.0. The number of nitrogens with zero attached hydrogens (tertiary/aromatic N) is 2. The molecule has 1 unspecified atom stereocenters. The van der Waals surface area contributed by atoms with Crippen LogP contribution in [0.3, 0.4) is 0 Å². The van der Waals surface area contributed by atoms with Gasteiger partial charge in [0.25, 0.3) is 0 Å². The molecule has 2 aromatic rings. The summed E-state index contributed by atoms with van der Waals surface area (Å²) >= 11 is 0. The van der Waals surface area contributed by atoms with E-state index in [2.05, 4.69) is 44.8 Å². The van der Waals surface area contributed by atoms with E-state index < -0.39 is 12.8 Å². The molecule has 0 bridgehead atoms. The van der Waals surface area contributed by atoms with Gasteiger partial charge in [0.2, 0.25) is 0 Å². The highest BCUT2D eigenvalue weighted by Crippen LogP contribution is 2.23. The second kappa shape index (κ2) is 10.2. The Morgan fingerprint density at radius 1 is 1.10 bits per heavy atom. The van der Waals surface area contributed by atoms with E-state index >= 15 is 0 Å². The lowest BCUT2D eigenvalue weighted by molar-refractivity contribution is -0.153. The third-order valence-electron chi connectivity index (χ3n) is 4.97. The molecule has 0 saturated carbocycles. The summed E-state index contributed by atoms with van der Waals surface area (Å²) in [6.45, 7) is 2.11. The lowest BCUT2D eigenvalue weighted by atomic mass is 10.1. The first-order chi connectivity index (χ1) is 14.4. The molecule has 2 aromatic carbocycles. The van der Waals surface area contributed by atoms with E-state index in [0.29, 0.717) is 18.4 Å². The van der Waals surface area contributed by atoms with Crippen molar-refractivity contribution < 1.29 is 17.9 Å². The van der Waals surface area contributed by atoms with Gasteiger partial charge in [-0.25, -0.2) is 0 Å². The van der Waals surface area contributed by atoms with Crippen LogP contribution in [0.2, 0.25) is 0 Å². The minimum absolute atomic E-state index is 0.197. The Bertz CT molecular complexity index is 809. The van der Waals surface area contributed by atoms with Crippen molar-refractivity contribution >= 4 is 11.6 Å². The Morgan fingerprint density at radius 3 is 2.50 bits per heavy atom. The maximum Gasteiger partial charge on any atom is 0.422 e. The molecule has 0 radical (unpaired) electrons. The van der Waals surface area contributed by atoms with Crippen molar-refractivity contribution in [3.8, 4) is 5.75 Å². The van der Waals surface area contributed by atoms with Crippen LogP contribution < -0.4 is 20.3 Å². The number of guanidine groups is 1.